The van der Waals surface area contributed by atoms with Gasteiger partial charge in [-0.15, -0.1) is 0 Å². The standard InChI is InChI=1S/C20H22N2O2/c1-12-14(11-21)18(13-7-5-6-8-17(13)24-4)19-15(22-12)9-20(2,3)10-16(19)23/h5-8,14,18H,9-10H2,1-4H3. The maximum atomic E-state index is 12.9. The van der Waals surface area contributed by atoms with Gasteiger partial charge in [0.2, 0.25) is 0 Å². The van der Waals surface area contributed by atoms with Gasteiger partial charge in [0.25, 0.3) is 0 Å². The highest BCUT2D eigenvalue weighted by Crippen LogP contribution is 2.48. The Bertz CT molecular complexity index is 796. The molecule has 124 valence electrons. The Morgan fingerprint density at radius 2 is 2.00 bits per heavy atom. The predicted octanol–water partition coefficient (Wildman–Crippen LogP) is 4.04. The first-order valence-corrected chi connectivity index (χ1v) is 8.22. The van der Waals surface area contributed by atoms with Gasteiger partial charge in [-0.2, -0.15) is 5.26 Å². The monoisotopic (exact) mass is 322 g/mol. The van der Waals surface area contributed by atoms with Crippen molar-refractivity contribution in [1.29, 1.82) is 5.26 Å². The number of hydrogen-bond donors (Lipinski definition) is 0. The maximum Gasteiger partial charge on any atom is 0.161 e. The second-order valence-corrected chi connectivity index (χ2v) is 7.38. The average molecular weight is 322 g/mol. The minimum absolute atomic E-state index is 0.0928. The second-order valence-electron chi connectivity index (χ2n) is 7.38. The van der Waals surface area contributed by atoms with Crippen LogP contribution in [0.15, 0.2) is 40.5 Å². The van der Waals surface area contributed by atoms with Crippen molar-refractivity contribution in [3.8, 4) is 11.8 Å². The Hall–Kier alpha value is -2.41. The van der Waals surface area contributed by atoms with E-state index in [-0.39, 0.29) is 17.1 Å². The Kier molecular flexibility index (Phi) is 4.04. The number of ether oxygens (including phenoxy) is 1. The van der Waals surface area contributed by atoms with Crippen molar-refractivity contribution in [3.63, 3.8) is 0 Å². The molecule has 1 aromatic rings. The number of methoxy groups -OCH3 is 1. The Morgan fingerprint density at radius 1 is 1.29 bits per heavy atom. The lowest BCUT2D eigenvalue weighted by atomic mass is 9.67. The number of nitrogens with zero attached hydrogens (tertiary/aromatic N) is 2. The Balaban J connectivity index is 2.22. The molecule has 0 bridgehead atoms. The smallest absolute Gasteiger partial charge is 0.161 e. The highest BCUT2D eigenvalue weighted by atomic mass is 16.5. The highest BCUT2D eigenvalue weighted by Gasteiger charge is 2.43. The number of nitriles is 1. The van der Waals surface area contributed by atoms with E-state index in [4.69, 9.17) is 4.74 Å². The molecule has 0 amide bonds. The van der Waals surface area contributed by atoms with E-state index in [9.17, 15) is 10.1 Å². The quantitative estimate of drug-likeness (QED) is 0.825. The molecule has 0 N–H and O–H groups in total. The molecule has 2 unspecified atom stereocenters. The number of allylic oxidation sites excluding steroid dienone is 2. The summed E-state index contributed by atoms with van der Waals surface area (Å²) in [7, 11) is 1.62. The lowest BCUT2D eigenvalue weighted by Crippen LogP contribution is -2.35. The van der Waals surface area contributed by atoms with Gasteiger partial charge >= 0.3 is 0 Å². The van der Waals surface area contributed by atoms with Crippen molar-refractivity contribution in [2.24, 2.45) is 16.3 Å². The first-order chi connectivity index (χ1) is 11.4. The van der Waals surface area contributed by atoms with Gasteiger partial charge < -0.3 is 4.74 Å². The third-order valence-corrected chi connectivity index (χ3v) is 4.92. The van der Waals surface area contributed by atoms with Gasteiger partial charge in [-0.1, -0.05) is 32.0 Å². The fourth-order valence-corrected chi connectivity index (χ4v) is 3.87. The minimum Gasteiger partial charge on any atom is -0.496 e. The summed E-state index contributed by atoms with van der Waals surface area (Å²) in [5, 5.41) is 9.73. The van der Waals surface area contributed by atoms with Gasteiger partial charge in [0, 0.05) is 34.9 Å². The van der Waals surface area contributed by atoms with Crippen LogP contribution in [0.25, 0.3) is 0 Å². The minimum atomic E-state index is -0.440. The molecule has 1 aliphatic heterocycles. The first-order valence-electron chi connectivity index (χ1n) is 8.22. The molecule has 2 atom stereocenters. The summed E-state index contributed by atoms with van der Waals surface area (Å²) in [6.07, 6.45) is 1.25. The maximum absolute atomic E-state index is 12.9. The number of para-hydroxylation sites is 1. The molecule has 4 nitrogen and oxygen atoms in total. The number of benzene rings is 1. The van der Waals surface area contributed by atoms with Gasteiger partial charge in [0.1, 0.15) is 5.75 Å². The van der Waals surface area contributed by atoms with Crippen LogP contribution < -0.4 is 4.74 Å². The van der Waals surface area contributed by atoms with Crippen molar-refractivity contribution < 1.29 is 9.53 Å². The van der Waals surface area contributed by atoms with Gasteiger partial charge in [0.05, 0.1) is 19.1 Å². The Morgan fingerprint density at radius 3 is 2.67 bits per heavy atom. The van der Waals surface area contributed by atoms with E-state index in [1.807, 2.05) is 31.2 Å². The van der Waals surface area contributed by atoms with Crippen LogP contribution in [0.2, 0.25) is 0 Å². The molecule has 4 heteroatoms. The highest BCUT2D eigenvalue weighted by molar-refractivity contribution is 6.03. The van der Waals surface area contributed by atoms with Crippen LogP contribution in [0.4, 0.5) is 0 Å². The van der Waals surface area contributed by atoms with Crippen LogP contribution in [-0.2, 0) is 4.79 Å². The molecule has 3 rings (SSSR count). The van der Waals surface area contributed by atoms with Gasteiger partial charge in [-0.3, -0.25) is 9.79 Å². The fourth-order valence-electron chi connectivity index (χ4n) is 3.87. The molecule has 0 spiro atoms. The third-order valence-electron chi connectivity index (χ3n) is 4.92. The van der Waals surface area contributed by atoms with E-state index in [1.165, 1.54) is 0 Å². The molecule has 0 aromatic heterocycles. The van der Waals surface area contributed by atoms with Crippen molar-refractivity contribution in [2.75, 3.05) is 7.11 Å². The van der Waals surface area contributed by atoms with E-state index >= 15 is 0 Å². The van der Waals surface area contributed by atoms with Crippen LogP contribution in [-0.4, -0.2) is 18.6 Å². The summed E-state index contributed by atoms with van der Waals surface area (Å²) in [6.45, 7) is 6.06. The number of Topliss-reactive ketones (excluding diaryl/α,β-unsaturated/α-hetero) is 1. The topological polar surface area (TPSA) is 62.4 Å². The van der Waals surface area contributed by atoms with E-state index in [0.29, 0.717) is 17.7 Å². The zero-order valence-corrected chi connectivity index (χ0v) is 14.6. The van der Waals surface area contributed by atoms with Crippen molar-refractivity contribution in [3.05, 3.63) is 41.1 Å². The summed E-state index contributed by atoms with van der Waals surface area (Å²) in [5.74, 6) is 0.0723. The van der Waals surface area contributed by atoms with Crippen LogP contribution in [0.5, 0.6) is 5.75 Å². The molecule has 1 heterocycles. The van der Waals surface area contributed by atoms with Gasteiger partial charge in [-0.25, -0.2) is 0 Å². The van der Waals surface area contributed by atoms with Crippen LogP contribution in [0, 0.1) is 22.7 Å². The lowest BCUT2D eigenvalue weighted by molar-refractivity contribution is -0.118. The second kappa shape index (κ2) is 5.90. The molecule has 1 aliphatic carbocycles. The fraction of sp³-hybridized carbons (Fsp3) is 0.450. The molecule has 0 fully saturated rings. The van der Waals surface area contributed by atoms with E-state index < -0.39 is 5.92 Å². The molecule has 0 saturated heterocycles. The summed E-state index contributed by atoms with van der Waals surface area (Å²) in [5.41, 5.74) is 3.12. The molecular formula is C20H22N2O2. The van der Waals surface area contributed by atoms with Crippen molar-refractivity contribution in [1.82, 2.24) is 0 Å². The van der Waals surface area contributed by atoms with Crippen LogP contribution in [0.1, 0.15) is 45.1 Å². The summed E-state index contributed by atoms with van der Waals surface area (Å²) in [4.78, 5) is 17.6. The summed E-state index contributed by atoms with van der Waals surface area (Å²) < 4.78 is 5.50. The number of carbonyl (C=O) groups excluding carboxylic acids is 1. The lowest BCUT2D eigenvalue weighted by Gasteiger charge is -2.38. The normalized spacial score (nSPS) is 25.6. The zero-order valence-electron chi connectivity index (χ0n) is 14.6. The SMILES string of the molecule is COc1ccccc1C1C2=C(CC(C)(C)CC2=O)N=C(C)C1C#N. The molecule has 0 saturated carbocycles. The van der Waals surface area contributed by atoms with Crippen LogP contribution in [0.3, 0.4) is 0 Å². The molecule has 0 radical (unpaired) electrons. The third kappa shape index (κ3) is 2.65. The van der Waals surface area contributed by atoms with E-state index in [0.717, 1.165) is 23.4 Å². The predicted molar refractivity (Wildman–Crippen MR) is 93.0 cm³/mol. The number of carbonyl (C=O) groups is 1. The molecule has 2 aliphatic rings. The summed E-state index contributed by atoms with van der Waals surface area (Å²) >= 11 is 0. The molecular weight excluding hydrogens is 300 g/mol. The number of aliphatic imine (C=N–C) groups is 1. The number of ketones is 1. The van der Waals surface area contributed by atoms with Crippen molar-refractivity contribution >= 4 is 11.5 Å². The van der Waals surface area contributed by atoms with E-state index in [2.05, 4.69) is 24.9 Å². The average Bonchev–Trinajstić information content (AvgIpc) is 2.52. The van der Waals surface area contributed by atoms with Crippen LogP contribution >= 0.6 is 0 Å². The number of hydrogen-bond acceptors (Lipinski definition) is 4. The Labute approximate surface area is 142 Å². The van der Waals surface area contributed by atoms with Gasteiger partial charge in [0.15, 0.2) is 5.78 Å². The van der Waals surface area contributed by atoms with Crippen molar-refractivity contribution in [2.45, 2.75) is 39.5 Å². The van der Waals surface area contributed by atoms with Gasteiger partial charge in [-0.05, 0) is 24.8 Å². The van der Waals surface area contributed by atoms with E-state index in [1.54, 1.807) is 7.11 Å². The first kappa shape index (κ1) is 16.4. The zero-order chi connectivity index (χ0) is 17.5. The summed E-state index contributed by atoms with van der Waals surface area (Å²) in [6, 6.07) is 10.00. The largest absolute Gasteiger partial charge is 0.496 e. The molecule has 24 heavy (non-hydrogen) atoms. The number of rotatable bonds is 2. The molecule has 1 aromatic carbocycles.